The van der Waals surface area contributed by atoms with Gasteiger partial charge in [0.1, 0.15) is 5.54 Å². The zero-order valence-corrected chi connectivity index (χ0v) is 20.2. The van der Waals surface area contributed by atoms with Gasteiger partial charge in [-0.2, -0.15) is 4.31 Å². The Morgan fingerprint density at radius 1 is 1.06 bits per heavy atom. The van der Waals surface area contributed by atoms with Crippen LogP contribution in [0.2, 0.25) is 0 Å². The topological polar surface area (TPSA) is 86.8 Å². The van der Waals surface area contributed by atoms with E-state index in [4.69, 9.17) is 0 Å². The quantitative estimate of drug-likeness (QED) is 0.729. The Kier molecular flexibility index (Phi) is 6.33. The number of carbonyl (C=O) groups excluding carboxylic acids is 2. The highest BCUT2D eigenvalue weighted by Crippen LogP contribution is 2.34. The lowest BCUT2D eigenvalue weighted by Crippen LogP contribution is -2.70. The second kappa shape index (κ2) is 8.91. The third-order valence-corrected chi connectivity index (χ3v) is 8.50. The van der Waals surface area contributed by atoms with Gasteiger partial charge in [0, 0.05) is 18.3 Å². The first-order valence-electron chi connectivity index (χ1n) is 11.4. The lowest BCUT2D eigenvalue weighted by atomic mass is 9.93. The lowest BCUT2D eigenvalue weighted by molar-refractivity contribution is -0.133. The van der Waals surface area contributed by atoms with Gasteiger partial charge in [-0.05, 0) is 57.4 Å². The molecule has 0 spiro atoms. The van der Waals surface area contributed by atoms with Gasteiger partial charge >= 0.3 is 0 Å². The number of benzene rings is 2. The molecular formula is C25H31N3O4S. The van der Waals surface area contributed by atoms with E-state index in [-0.39, 0.29) is 29.9 Å². The summed E-state index contributed by atoms with van der Waals surface area (Å²) in [5.74, 6) is -0.743. The van der Waals surface area contributed by atoms with Gasteiger partial charge in [-0.1, -0.05) is 48.7 Å². The van der Waals surface area contributed by atoms with Crippen molar-refractivity contribution in [1.29, 1.82) is 0 Å². The van der Waals surface area contributed by atoms with Crippen LogP contribution in [-0.2, 0) is 19.6 Å². The predicted molar refractivity (Wildman–Crippen MR) is 127 cm³/mol. The van der Waals surface area contributed by atoms with E-state index in [1.807, 2.05) is 32.0 Å². The first-order chi connectivity index (χ1) is 15.6. The molecule has 1 aliphatic carbocycles. The van der Waals surface area contributed by atoms with Crippen molar-refractivity contribution in [3.63, 3.8) is 0 Å². The van der Waals surface area contributed by atoms with Crippen molar-refractivity contribution in [2.75, 3.05) is 18.0 Å². The third kappa shape index (κ3) is 4.42. The van der Waals surface area contributed by atoms with Crippen LogP contribution in [0.1, 0.15) is 43.7 Å². The van der Waals surface area contributed by atoms with Gasteiger partial charge in [-0.25, -0.2) is 8.42 Å². The van der Waals surface area contributed by atoms with E-state index in [9.17, 15) is 18.0 Å². The summed E-state index contributed by atoms with van der Waals surface area (Å²) in [6.45, 7) is 5.09. The van der Waals surface area contributed by atoms with E-state index in [2.05, 4.69) is 5.32 Å². The summed E-state index contributed by atoms with van der Waals surface area (Å²) in [7, 11) is -3.94. The highest BCUT2D eigenvalue weighted by Gasteiger charge is 2.51. The summed E-state index contributed by atoms with van der Waals surface area (Å²) in [6.07, 6.45) is 3.89. The zero-order valence-electron chi connectivity index (χ0n) is 19.4. The van der Waals surface area contributed by atoms with Crippen LogP contribution in [-0.4, -0.2) is 49.2 Å². The lowest BCUT2D eigenvalue weighted by Gasteiger charge is -2.47. The van der Waals surface area contributed by atoms with Crippen molar-refractivity contribution in [2.45, 2.75) is 62.9 Å². The smallest absolute Gasteiger partial charge is 0.247 e. The average Bonchev–Trinajstić information content (AvgIpc) is 3.28. The molecule has 1 N–H and O–H groups in total. The standard InChI is InChI=1S/C25H31N3O4S/c1-18-13-14-22(19(2)15-18)28-23(29)16-27(33(31,32)21-11-5-4-6-12-21)17-25(28,3)24(30)26-20-9-7-8-10-20/h4-6,11-15,20H,7-10,16-17H2,1-3H3,(H,26,30)/t25-/m1/s1. The second-order valence-corrected chi connectivity index (χ2v) is 11.3. The molecule has 0 unspecified atom stereocenters. The Balaban J connectivity index is 1.76. The maximum absolute atomic E-state index is 13.7. The van der Waals surface area contributed by atoms with Gasteiger partial charge in [-0.15, -0.1) is 0 Å². The van der Waals surface area contributed by atoms with Crippen LogP contribution in [0.5, 0.6) is 0 Å². The highest BCUT2D eigenvalue weighted by atomic mass is 32.2. The van der Waals surface area contributed by atoms with Crippen LogP contribution in [0.25, 0.3) is 0 Å². The minimum atomic E-state index is -3.94. The molecule has 2 amide bonds. The van der Waals surface area contributed by atoms with Crippen LogP contribution in [0.3, 0.4) is 0 Å². The van der Waals surface area contributed by atoms with E-state index in [1.165, 1.54) is 17.0 Å². The molecular weight excluding hydrogens is 438 g/mol. The van der Waals surface area contributed by atoms with Gasteiger partial charge in [0.15, 0.2) is 0 Å². The number of rotatable bonds is 5. The molecule has 1 aliphatic heterocycles. The molecule has 2 fully saturated rings. The monoisotopic (exact) mass is 469 g/mol. The number of piperazine rings is 1. The van der Waals surface area contributed by atoms with Crippen molar-refractivity contribution < 1.29 is 18.0 Å². The Morgan fingerprint density at radius 2 is 1.73 bits per heavy atom. The highest BCUT2D eigenvalue weighted by molar-refractivity contribution is 7.89. The fourth-order valence-corrected chi connectivity index (χ4v) is 6.42. The Labute approximate surface area is 195 Å². The van der Waals surface area contributed by atoms with Gasteiger partial charge in [0.05, 0.1) is 11.4 Å². The predicted octanol–water partition coefficient (Wildman–Crippen LogP) is 3.16. The Morgan fingerprint density at radius 3 is 2.36 bits per heavy atom. The van der Waals surface area contributed by atoms with Crippen molar-refractivity contribution in [2.24, 2.45) is 0 Å². The number of amides is 2. The summed E-state index contributed by atoms with van der Waals surface area (Å²) in [5, 5.41) is 3.10. The fraction of sp³-hybridized carbons (Fsp3) is 0.440. The van der Waals surface area contributed by atoms with E-state index in [1.54, 1.807) is 25.1 Å². The molecule has 0 radical (unpaired) electrons. The van der Waals surface area contributed by atoms with Gasteiger partial charge in [0.25, 0.3) is 0 Å². The van der Waals surface area contributed by atoms with Crippen LogP contribution >= 0.6 is 0 Å². The second-order valence-electron chi connectivity index (χ2n) is 9.33. The van der Waals surface area contributed by atoms with E-state index in [0.29, 0.717) is 5.69 Å². The maximum atomic E-state index is 13.7. The first-order valence-corrected chi connectivity index (χ1v) is 12.8. The zero-order chi connectivity index (χ0) is 23.8. The number of carbonyl (C=O) groups is 2. The molecule has 2 aromatic carbocycles. The largest absolute Gasteiger partial charge is 0.351 e. The minimum Gasteiger partial charge on any atom is -0.351 e. The molecule has 176 valence electrons. The summed E-state index contributed by atoms with van der Waals surface area (Å²) >= 11 is 0. The third-order valence-electron chi connectivity index (χ3n) is 6.69. The molecule has 1 saturated carbocycles. The van der Waals surface area contributed by atoms with Crippen LogP contribution < -0.4 is 10.2 Å². The van der Waals surface area contributed by atoms with Crippen molar-refractivity contribution in [1.82, 2.24) is 9.62 Å². The molecule has 2 aliphatic rings. The van der Waals surface area contributed by atoms with E-state index < -0.39 is 21.5 Å². The normalized spacial score (nSPS) is 22.5. The van der Waals surface area contributed by atoms with Crippen molar-refractivity contribution in [3.05, 3.63) is 59.7 Å². The summed E-state index contributed by atoms with van der Waals surface area (Å²) in [5.41, 5.74) is 1.15. The van der Waals surface area contributed by atoms with Crippen molar-refractivity contribution >= 4 is 27.5 Å². The van der Waals surface area contributed by atoms with Crippen molar-refractivity contribution in [3.8, 4) is 0 Å². The number of aryl methyl sites for hydroxylation is 2. The molecule has 33 heavy (non-hydrogen) atoms. The molecule has 7 nitrogen and oxygen atoms in total. The molecule has 2 aromatic rings. The molecule has 0 bridgehead atoms. The van der Waals surface area contributed by atoms with Crippen LogP contribution in [0.15, 0.2) is 53.4 Å². The van der Waals surface area contributed by atoms with Gasteiger partial charge < -0.3 is 5.32 Å². The number of hydrogen-bond acceptors (Lipinski definition) is 4. The molecule has 4 rings (SSSR count). The Hall–Kier alpha value is -2.71. The minimum absolute atomic E-state index is 0.0477. The maximum Gasteiger partial charge on any atom is 0.247 e. The van der Waals surface area contributed by atoms with Gasteiger partial charge in [-0.3, -0.25) is 14.5 Å². The molecule has 8 heteroatoms. The SMILES string of the molecule is Cc1ccc(N2C(=O)CN(S(=O)(=O)c3ccccc3)C[C@]2(C)C(=O)NC2CCCC2)c(C)c1. The van der Waals surface area contributed by atoms with Gasteiger partial charge in [0.2, 0.25) is 21.8 Å². The number of sulfonamides is 1. The average molecular weight is 470 g/mol. The summed E-state index contributed by atoms with van der Waals surface area (Å²) in [6, 6.07) is 13.8. The first kappa shape index (κ1) is 23.4. The Bertz CT molecular complexity index is 1160. The molecule has 1 heterocycles. The van der Waals surface area contributed by atoms with E-state index in [0.717, 1.165) is 41.1 Å². The number of anilines is 1. The molecule has 0 aromatic heterocycles. The molecule has 1 atom stereocenters. The number of nitrogens with one attached hydrogen (secondary N) is 1. The molecule has 1 saturated heterocycles. The summed E-state index contributed by atoms with van der Waals surface area (Å²) < 4.78 is 27.9. The fourth-order valence-electron chi connectivity index (χ4n) is 4.92. The number of nitrogens with zero attached hydrogens (tertiary/aromatic N) is 2. The van der Waals surface area contributed by atoms with Crippen LogP contribution in [0, 0.1) is 13.8 Å². The van der Waals surface area contributed by atoms with Crippen LogP contribution in [0.4, 0.5) is 5.69 Å². The number of hydrogen-bond donors (Lipinski definition) is 1. The van der Waals surface area contributed by atoms with E-state index >= 15 is 0 Å². The summed E-state index contributed by atoms with van der Waals surface area (Å²) in [4.78, 5) is 28.8.